The first-order chi connectivity index (χ1) is 16.1. The topological polar surface area (TPSA) is 106 Å². The van der Waals surface area contributed by atoms with Gasteiger partial charge >= 0.3 is 7.12 Å². The number of anilines is 1. The number of benzene rings is 1. The molecular formula is C23H32BN5O4. The molecule has 0 spiro atoms. The second kappa shape index (κ2) is 13.0. The highest BCUT2D eigenvalue weighted by Crippen LogP contribution is 2.17. The number of aromatic nitrogens is 2. The molecule has 2 atom stereocenters. The third-order valence-corrected chi connectivity index (χ3v) is 5.34. The van der Waals surface area contributed by atoms with Crippen molar-refractivity contribution in [3.8, 4) is 0 Å². The van der Waals surface area contributed by atoms with E-state index in [9.17, 15) is 9.59 Å². The highest BCUT2D eigenvalue weighted by molar-refractivity contribution is 6.47. The molecule has 1 aromatic heterocycles. The van der Waals surface area contributed by atoms with Gasteiger partial charge in [-0.3, -0.25) is 19.5 Å². The van der Waals surface area contributed by atoms with E-state index < -0.39 is 13.2 Å². The van der Waals surface area contributed by atoms with Crippen LogP contribution in [0.2, 0.25) is 0 Å². The fourth-order valence-electron chi connectivity index (χ4n) is 3.79. The number of hydrogen-bond acceptors (Lipinski definition) is 7. The van der Waals surface area contributed by atoms with Gasteiger partial charge in [-0.15, -0.1) is 0 Å². The molecule has 2 amide bonds. The molecule has 176 valence electrons. The maximum atomic E-state index is 13.6. The van der Waals surface area contributed by atoms with Gasteiger partial charge in [-0.1, -0.05) is 44.2 Å². The van der Waals surface area contributed by atoms with E-state index in [2.05, 4.69) is 34.4 Å². The van der Waals surface area contributed by atoms with Gasteiger partial charge in [0.25, 0.3) is 0 Å². The van der Waals surface area contributed by atoms with Crippen LogP contribution in [0.5, 0.6) is 0 Å². The van der Waals surface area contributed by atoms with Crippen LogP contribution in [-0.2, 0) is 25.3 Å². The third-order valence-electron chi connectivity index (χ3n) is 5.34. The number of nitrogens with one attached hydrogen (secondary N) is 2. The number of carbonyl (C=O) groups excluding carboxylic acids is 2. The van der Waals surface area contributed by atoms with Crippen LogP contribution in [0.4, 0.5) is 5.82 Å². The summed E-state index contributed by atoms with van der Waals surface area (Å²) >= 11 is 0. The summed E-state index contributed by atoms with van der Waals surface area (Å²) in [5.41, 5.74) is 0.929. The van der Waals surface area contributed by atoms with E-state index in [1.165, 1.54) is 23.5 Å². The molecule has 0 unspecified atom stereocenters. The van der Waals surface area contributed by atoms with Crippen LogP contribution in [0.3, 0.4) is 0 Å². The minimum absolute atomic E-state index is 0.297. The van der Waals surface area contributed by atoms with Crippen LogP contribution in [0.25, 0.3) is 0 Å². The predicted octanol–water partition coefficient (Wildman–Crippen LogP) is 1.25. The summed E-state index contributed by atoms with van der Waals surface area (Å²) in [5.74, 6) is -0.0341. The van der Waals surface area contributed by atoms with E-state index in [4.69, 9.17) is 9.31 Å². The summed E-state index contributed by atoms with van der Waals surface area (Å²) in [5, 5.41) is 6.33. The Kier molecular flexibility index (Phi) is 9.80. The summed E-state index contributed by atoms with van der Waals surface area (Å²) in [6, 6.07) is 8.77. The van der Waals surface area contributed by atoms with E-state index in [0.717, 1.165) is 18.7 Å². The lowest BCUT2D eigenvalue weighted by molar-refractivity contribution is -0.124. The van der Waals surface area contributed by atoms with Crippen LogP contribution in [0.1, 0.15) is 25.8 Å². The molecule has 2 N–H and O–H groups in total. The van der Waals surface area contributed by atoms with Gasteiger partial charge in [-0.2, -0.15) is 0 Å². The fraction of sp³-hybridized carbons (Fsp3) is 0.478. The Morgan fingerprint density at radius 3 is 2.55 bits per heavy atom. The molecule has 33 heavy (non-hydrogen) atoms. The minimum Gasteiger partial charge on any atom is -0.408 e. The number of hydrogen-bond donors (Lipinski definition) is 2. The number of carbonyl (C=O) groups is 2. The van der Waals surface area contributed by atoms with E-state index in [1.54, 1.807) is 0 Å². The maximum absolute atomic E-state index is 13.6. The normalized spacial score (nSPS) is 16.4. The second-order valence-corrected chi connectivity index (χ2v) is 8.39. The lowest BCUT2D eigenvalue weighted by Gasteiger charge is -2.31. The molecule has 0 bridgehead atoms. The van der Waals surface area contributed by atoms with E-state index in [-0.39, 0.29) is 11.8 Å². The average Bonchev–Trinajstić information content (AvgIpc) is 2.79. The third kappa shape index (κ3) is 7.62. The quantitative estimate of drug-likeness (QED) is 0.412. The SMILES string of the molecule is CC(C)C[C@H](NC(=O)[C@H](Cc1ccccc1)N(C=O)c1cnccn1)B1OCCNCCO1. The first-order valence-corrected chi connectivity index (χ1v) is 11.4. The van der Waals surface area contributed by atoms with Crippen molar-refractivity contribution in [2.75, 3.05) is 31.2 Å². The summed E-state index contributed by atoms with van der Waals surface area (Å²) < 4.78 is 11.8. The second-order valence-electron chi connectivity index (χ2n) is 8.39. The Morgan fingerprint density at radius 1 is 1.21 bits per heavy atom. The van der Waals surface area contributed by atoms with Crippen LogP contribution in [0.15, 0.2) is 48.9 Å². The van der Waals surface area contributed by atoms with Crippen LogP contribution in [-0.4, -0.2) is 67.7 Å². The van der Waals surface area contributed by atoms with Gasteiger partial charge in [0.15, 0.2) is 5.82 Å². The van der Waals surface area contributed by atoms with Crippen molar-refractivity contribution in [3.63, 3.8) is 0 Å². The zero-order valence-corrected chi connectivity index (χ0v) is 19.2. The monoisotopic (exact) mass is 453 g/mol. The summed E-state index contributed by atoms with van der Waals surface area (Å²) in [4.78, 5) is 35.3. The van der Waals surface area contributed by atoms with Gasteiger partial charge in [0.05, 0.1) is 12.1 Å². The summed E-state index contributed by atoms with van der Waals surface area (Å²) in [6.07, 6.45) is 6.12. The molecule has 9 nitrogen and oxygen atoms in total. The van der Waals surface area contributed by atoms with Crippen molar-refractivity contribution >= 4 is 25.3 Å². The van der Waals surface area contributed by atoms with Crippen molar-refractivity contribution in [2.45, 2.75) is 38.7 Å². The minimum atomic E-state index is -0.813. The van der Waals surface area contributed by atoms with Crippen molar-refractivity contribution in [2.24, 2.45) is 5.92 Å². The lowest BCUT2D eigenvalue weighted by atomic mass is 9.73. The Labute approximate surface area is 195 Å². The molecular weight excluding hydrogens is 421 g/mol. The van der Waals surface area contributed by atoms with Gasteiger partial charge in [-0.05, 0) is 17.9 Å². The molecule has 3 rings (SSSR count). The van der Waals surface area contributed by atoms with Gasteiger partial charge in [-0.25, -0.2) is 4.98 Å². The lowest BCUT2D eigenvalue weighted by Crippen LogP contribution is -2.57. The molecule has 0 aliphatic carbocycles. The van der Waals surface area contributed by atoms with Gasteiger partial charge in [0.2, 0.25) is 12.3 Å². The molecule has 1 fully saturated rings. The van der Waals surface area contributed by atoms with E-state index in [0.29, 0.717) is 44.2 Å². The molecule has 0 saturated carbocycles. The van der Waals surface area contributed by atoms with Crippen molar-refractivity contribution < 1.29 is 18.9 Å². The molecule has 1 aliphatic heterocycles. The van der Waals surface area contributed by atoms with Crippen LogP contribution in [0, 0.1) is 5.92 Å². The molecule has 2 heterocycles. The smallest absolute Gasteiger partial charge is 0.408 e. The first-order valence-electron chi connectivity index (χ1n) is 11.4. The highest BCUT2D eigenvalue weighted by atomic mass is 16.6. The molecule has 1 aliphatic rings. The first kappa shape index (κ1) is 24.8. The van der Waals surface area contributed by atoms with Gasteiger partial charge in [0, 0.05) is 45.1 Å². The average molecular weight is 453 g/mol. The number of amides is 2. The molecule has 2 aromatic rings. The molecule has 10 heteroatoms. The Bertz CT molecular complexity index is 850. The fourth-order valence-corrected chi connectivity index (χ4v) is 3.79. The zero-order valence-electron chi connectivity index (χ0n) is 19.2. The van der Waals surface area contributed by atoms with Crippen molar-refractivity contribution in [1.29, 1.82) is 0 Å². The van der Waals surface area contributed by atoms with E-state index in [1.807, 2.05) is 30.3 Å². The molecule has 0 radical (unpaired) electrons. The standard InChI is InChI=1S/C23H32BN5O4/c1-18(2)14-21(24-32-12-10-25-11-13-33-24)28-23(31)20(15-19-6-4-3-5-7-19)29(17-30)22-16-26-8-9-27-22/h3-9,16-18,20-21,25H,10-15H2,1-2H3,(H,28,31)/t20-,21-/m0/s1. The number of nitrogens with zero attached hydrogens (tertiary/aromatic N) is 3. The largest absolute Gasteiger partial charge is 0.480 e. The van der Waals surface area contributed by atoms with E-state index >= 15 is 0 Å². The summed E-state index contributed by atoms with van der Waals surface area (Å²) in [7, 11) is -0.558. The van der Waals surface area contributed by atoms with Crippen molar-refractivity contribution in [1.82, 2.24) is 20.6 Å². The van der Waals surface area contributed by atoms with Crippen LogP contribution >= 0.6 is 0 Å². The zero-order chi connectivity index (χ0) is 23.5. The Balaban J connectivity index is 1.85. The summed E-state index contributed by atoms with van der Waals surface area (Å²) in [6.45, 7) is 6.60. The Morgan fingerprint density at radius 2 is 1.94 bits per heavy atom. The number of rotatable bonds is 10. The van der Waals surface area contributed by atoms with Crippen molar-refractivity contribution in [3.05, 3.63) is 54.5 Å². The van der Waals surface area contributed by atoms with Crippen LogP contribution < -0.4 is 15.5 Å². The molecule has 1 aromatic carbocycles. The maximum Gasteiger partial charge on any atom is 0.480 e. The highest BCUT2D eigenvalue weighted by Gasteiger charge is 2.36. The van der Waals surface area contributed by atoms with Gasteiger partial charge < -0.3 is 19.9 Å². The van der Waals surface area contributed by atoms with Gasteiger partial charge in [0.1, 0.15) is 6.04 Å². The molecule has 1 saturated heterocycles. The predicted molar refractivity (Wildman–Crippen MR) is 126 cm³/mol. The Hall–Kier alpha value is -2.82.